The van der Waals surface area contributed by atoms with Gasteiger partial charge in [0.05, 0.1) is 18.3 Å². The van der Waals surface area contributed by atoms with Crippen LogP contribution in [0.3, 0.4) is 0 Å². The Balaban J connectivity index is 1.72. The standard InChI is InChI=1S/C19H16N4O/c1-13-7-11-17(24-2)19-21-18(22-23(13)19)12-10-15-9-8-14-5-3-4-6-16(14)20-15/h3-12H,1-2H3. The second-order valence-electron chi connectivity index (χ2n) is 5.51. The Morgan fingerprint density at radius 2 is 1.83 bits per heavy atom. The van der Waals surface area contributed by atoms with Crippen LogP contribution < -0.4 is 4.74 Å². The maximum atomic E-state index is 5.35. The summed E-state index contributed by atoms with van der Waals surface area (Å²) in [5, 5.41) is 5.64. The number of para-hydroxylation sites is 1. The van der Waals surface area contributed by atoms with Crippen molar-refractivity contribution in [2.45, 2.75) is 6.92 Å². The van der Waals surface area contributed by atoms with Gasteiger partial charge >= 0.3 is 0 Å². The van der Waals surface area contributed by atoms with Crippen LogP contribution in [0, 0.1) is 6.92 Å². The van der Waals surface area contributed by atoms with Crippen LogP contribution >= 0.6 is 0 Å². The number of aromatic nitrogens is 4. The molecular formula is C19H16N4O. The van der Waals surface area contributed by atoms with Crippen LogP contribution in [-0.2, 0) is 0 Å². The van der Waals surface area contributed by atoms with Crippen molar-refractivity contribution in [2.75, 3.05) is 7.11 Å². The molecule has 0 unspecified atom stereocenters. The van der Waals surface area contributed by atoms with E-state index in [4.69, 9.17) is 4.74 Å². The maximum Gasteiger partial charge on any atom is 0.198 e. The molecule has 0 fully saturated rings. The molecule has 0 aliphatic carbocycles. The molecule has 0 saturated carbocycles. The summed E-state index contributed by atoms with van der Waals surface area (Å²) < 4.78 is 7.13. The summed E-state index contributed by atoms with van der Waals surface area (Å²) in [6.45, 7) is 1.99. The van der Waals surface area contributed by atoms with Crippen molar-refractivity contribution >= 4 is 28.7 Å². The quantitative estimate of drug-likeness (QED) is 0.577. The highest BCUT2D eigenvalue weighted by Gasteiger charge is 2.08. The van der Waals surface area contributed by atoms with Gasteiger partial charge in [0.25, 0.3) is 0 Å². The number of ether oxygens (including phenoxy) is 1. The van der Waals surface area contributed by atoms with E-state index in [-0.39, 0.29) is 0 Å². The summed E-state index contributed by atoms with van der Waals surface area (Å²) >= 11 is 0. The number of nitrogens with zero attached hydrogens (tertiary/aromatic N) is 4. The largest absolute Gasteiger partial charge is 0.493 e. The van der Waals surface area contributed by atoms with Gasteiger partial charge in [-0.1, -0.05) is 24.3 Å². The number of pyridine rings is 2. The Morgan fingerprint density at radius 3 is 2.71 bits per heavy atom. The summed E-state index contributed by atoms with van der Waals surface area (Å²) in [7, 11) is 1.63. The summed E-state index contributed by atoms with van der Waals surface area (Å²) in [5.74, 6) is 1.33. The molecule has 0 aliphatic rings. The molecule has 118 valence electrons. The zero-order valence-electron chi connectivity index (χ0n) is 13.5. The number of rotatable bonds is 3. The van der Waals surface area contributed by atoms with Crippen LogP contribution in [0.1, 0.15) is 17.2 Å². The van der Waals surface area contributed by atoms with Gasteiger partial charge in [0, 0.05) is 11.1 Å². The normalized spacial score (nSPS) is 11.6. The first kappa shape index (κ1) is 14.4. The monoisotopic (exact) mass is 316 g/mol. The molecule has 1 aromatic carbocycles. The number of methoxy groups -OCH3 is 1. The number of benzene rings is 1. The van der Waals surface area contributed by atoms with Crippen molar-refractivity contribution in [3.8, 4) is 5.75 Å². The molecule has 24 heavy (non-hydrogen) atoms. The third-order valence-electron chi connectivity index (χ3n) is 3.90. The highest BCUT2D eigenvalue weighted by atomic mass is 16.5. The molecule has 0 aliphatic heterocycles. The first-order valence-electron chi connectivity index (χ1n) is 7.69. The van der Waals surface area contributed by atoms with Gasteiger partial charge in [-0.25, -0.2) is 14.5 Å². The molecule has 0 radical (unpaired) electrons. The molecule has 0 atom stereocenters. The highest BCUT2D eigenvalue weighted by Crippen LogP contribution is 2.20. The van der Waals surface area contributed by atoms with Crippen LogP contribution in [0.5, 0.6) is 5.75 Å². The molecule has 5 nitrogen and oxygen atoms in total. The van der Waals surface area contributed by atoms with E-state index in [1.165, 1.54) is 0 Å². The minimum absolute atomic E-state index is 0.623. The Kier molecular flexibility index (Phi) is 3.46. The minimum Gasteiger partial charge on any atom is -0.493 e. The van der Waals surface area contributed by atoms with Crippen molar-refractivity contribution in [1.29, 1.82) is 0 Å². The van der Waals surface area contributed by atoms with Gasteiger partial charge in [0.2, 0.25) is 0 Å². The van der Waals surface area contributed by atoms with E-state index in [1.54, 1.807) is 11.6 Å². The van der Waals surface area contributed by atoms with E-state index < -0.39 is 0 Å². The number of aryl methyl sites for hydroxylation is 1. The van der Waals surface area contributed by atoms with Gasteiger partial charge in [-0.05, 0) is 43.3 Å². The summed E-state index contributed by atoms with van der Waals surface area (Å²) in [5.41, 5.74) is 3.56. The first-order valence-corrected chi connectivity index (χ1v) is 7.69. The number of hydrogen-bond donors (Lipinski definition) is 0. The van der Waals surface area contributed by atoms with Crippen LogP contribution in [0.4, 0.5) is 0 Å². The Morgan fingerprint density at radius 1 is 0.958 bits per heavy atom. The molecule has 3 aromatic heterocycles. The predicted molar refractivity (Wildman–Crippen MR) is 94.9 cm³/mol. The van der Waals surface area contributed by atoms with Crippen LogP contribution in [0.2, 0.25) is 0 Å². The maximum absolute atomic E-state index is 5.35. The highest BCUT2D eigenvalue weighted by molar-refractivity contribution is 5.80. The Hall–Kier alpha value is -3.21. The molecule has 0 N–H and O–H groups in total. The predicted octanol–water partition coefficient (Wildman–Crippen LogP) is 3.76. The third kappa shape index (κ3) is 2.50. The zero-order chi connectivity index (χ0) is 16.5. The van der Waals surface area contributed by atoms with Gasteiger partial charge < -0.3 is 4.74 Å². The second kappa shape index (κ2) is 5.77. The van der Waals surface area contributed by atoms with E-state index in [9.17, 15) is 0 Å². The SMILES string of the molecule is COc1ccc(C)n2nc(C=Cc3ccc4ccccc4n3)nc12. The Bertz CT molecular complexity index is 1070. The first-order chi connectivity index (χ1) is 11.7. The van der Waals surface area contributed by atoms with Crippen molar-refractivity contribution in [3.63, 3.8) is 0 Å². The molecule has 4 aromatic rings. The summed E-state index contributed by atoms with van der Waals surface area (Å²) in [4.78, 5) is 9.16. The number of hydrogen-bond acceptors (Lipinski definition) is 4. The van der Waals surface area contributed by atoms with E-state index in [0.29, 0.717) is 17.2 Å². The van der Waals surface area contributed by atoms with E-state index >= 15 is 0 Å². The van der Waals surface area contributed by atoms with Crippen LogP contribution in [-0.4, -0.2) is 26.7 Å². The lowest BCUT2D eigenvalue weighted by Gasteiger charge is -2.02. The van der Waals surface area contributed by atoms with Crippen LogP contribution in [0.15, 0.2) is 48.5 Å². The average molecular weight is 316 g/mol. The fourth-order valence-corrected chi connectivity index (χ4v) is 2.64. The molecule has 0 amide bonds. The number of fused-ring (bicyclic) bond motifs is 2. The van der Waals surface area contributed by atoms with E-state index in [2.05, 4.69) is 27.2 Å². The molecule has 3 heterocycles. The fourth-order valence-electron chi connectivity index (χ4n) is 2.64. The van der Waals surface area contributed by atoms with Crippen molar-refractivity contribution in [3.05, 3.63) is 65.7 Å². The van der Waals surface area contributed by atoms with Crippen molar-refractivity contribution in [2.24, 2.45) is 0 Å². The molecule has 4 rings (SSSR count). The molecule has 0 bridgehead atoms. The zero-order valence-corrected chi connectivity index (χ0v) is 13.5. The van der Waals surface area contributed by atoms with E-state index in [1.807, 2.05) is 55.5 Å². The molecule has 0 saturated heterocycles. The fraction of sp³-hybridized carbons (Fsp3) is 0.105. The van der Waals surface area contributed by atoms with Crippen molar-refractivity contribution in [1.82, 2.24) is 19.6 Å². The van der Waals surface area contributed by atoms with E-state index in [0.717, 1.165) is 22.3 Å². The van der Waals surface area contributed by atoms with Crippen LogP contribution in [0.25, 0.3) is 28.7 Å². The van der Waals surface area contributed by atoms with Gasteiger partial charge in [0.15, 0.2) is 17.2 Å². The van der Waals surface area contributed by atoms with Gasteiger partial charge in [0.1, 0.15) is 0 Å². The average Bonchev–Trinajstić information content (AvgIpc) is 3.05. The Labute approximate surface area is 139 Å². The van der Waals surface area contributed by atoms with Gasteiger partial charge in [-0.15, -0.1) is 5.10 Å². The third-order valence-corrected chi connectivity index (χ3v) is 3.90. The second-order valence-corrected chi connectivity index (χ2v) is 5.51. The summed E-state index contributed by atoms with van der Waals surface area (Å²) in [6, 6.07) is 16.0. The van der Waals surface area contributed by atoms with Gasteiger partial charge in [-0.2, -0.15) is 0 Å². The van der Waals surface area contributed by atoms with Crippen molar-refractivity contribution < 1.29 is 4.74 Å². The lowest BCUT2D eigenvalue weighted by molar-refractivity contribution is 0.416. The summed E-state index contributed by atoms with van der Waals surface area (Å²) in [6.07, 6.45) is 3.78. The smallest absolute Gasteiger partial charge is 0.198 e. The lowest BCUT2D eigenvalue weighted by atomic mass is 10.2. The molecule has 5 heteroatoms. The van der Waals surface area contributed by atoms with Gasteiger partial charge in [-0.3, -0.25) is 0 Å². The topological polar surface area (TPSA) is 52.3 Å². The molecular weight excluding hydrogens is 300 g/mol. The minimum atomic E-state index is 0.623. The lowest BCUT2D eigenvalue weighted by Crippen LogP contribution is -1.95. The molecule has 0 spiro atoms.